The number of nitrogens with two attached hydrogens (primary N) is 2. The molecule has 5 nitrogen and oxygen atoms in total. The van der Waals surface area contributed by atoms with E-state index in [9.17, 15) is 22.8 Å². The zero-order valence-electron chi connectivity index (χ0n) is 10.1. The number of amides is 2. The van der Waals surface area contributed by atoms with Gasteiger partial charge in [0, 0.05) is 5.69 Å². The molecule has 0 saturated carbocycles. The van der Waals surface area contributed by atoms with E-state index in [-0.39, 0.29) is 24.5 Å². The fourth-order valence-corrected chi connectivity index (χ4v) is 1.32. The number of nitrogens with one attached hydrogen (secondary N) is 1. The largest absolute Gasteiger partial charge is 0.416 e. The molecule has 0 aromatic heterocycles. The number of hydrogen-bond acceptors (Lipinski definition) is 3. The summed E-state index contributed by atoms with van der Waals surface area (Å²) in [4.78, 5) is 22.0. The van der Waals surface area contributed by atoms with Crippen molar-refractivity contribution in [2.45, 2.75) is 18.6 Å². The summed E-state index contributed by atoms with van der Waals surface area (Å²) in [5.41, 5.74) is 9.26. The average molecular weight is 312 g/mol. The second kappa shape index (κ2) is 7.11. The molecule has 2 amide bonds. The minimum atomic E-state index is -4.50. The zero-order valence-corrected chi connectivity index (χ0v) is 10.9. The molecule has 0 aliphatic heterocycles. The Morgan fingerprint density at radius 2 is 1.90 bits per heavy atom. The Hall–Kier alpha value is -1.80. The molecule has 1 aromatic carbocycles. The Kier molecular flexibility index (Phi) is 6.47. The van der Waals surface area contributed by atoms with Gasteiger partial charge in [0.25, 0.3) is 0 Å². The van der Waals surface area contributed by atoms with Gasteiger partial charge in [-0.15, -0.1) is 12.4 Å². The van der Waals surface area contributed by atoms with Crippen molar-refractivity contribution in [3.63, 3.8) is 0 Å². The van der Waals surface area contributed by atoms with Crippen molar-refractivity contribution in [1.29, 1.82) is 0 Å². The first kappa shape index (κ1) is 18.2. The van der Waals surface area contributed by atoms with Crippen molar-refractivity contribution in [2.24, 2.45) is 11.5 Å². The number of primary amides is 1. The molecule has 0 fully saturated rings. The van der Waals surface area contributed by atoms with Crippen LogP contribution in [0.2, 0.25) is 0 Å². The predicted molar refractivity (Wildman–Crippen MR) is 69.1 cm³/mol. The monoisotopic (exact) mass is 311 g/mol. The van der Waals surface area contributed by atoms with Crippen LogP contribution in [-0.2, 0) is 15.8 Å². The molecule has 9 heteroatoms. The van der Waals surface area contributed by atoms with E-state index in [1.165, 1.54) is 6.07 Å². The average Bonchev–Trinajstić information content (AvgIpc) is 2.27. The van der Waals surface area contributed by atoms with E-state index in [1.54, 1.807) is 0 Å². The third-order valence-electron chi connectivity index (χ3n) is 2.22. The number of hydrogen-bond donors (Lipinski definition) is 3. The highest BCUT2D eigenvalue weighted by Crippen LogP contribution is 2.30. The van der Waals surface area contributed by atoms with Gasteiger partial charge in [0.1, 0.15) is 0 Å². The highest BCUT2D eigenvalue weighted by atomic mass is 35.5. The first-order valence-electron chi connectivity index (χ1n) is 5.22. The molecule has 1 unspecified atom stereocenters. The van der Waals surface area contributed by atoms with E-state index in [4.69, 9.17) is 11.5 Å². The van der Waals surface area contributed by atoms with Crippen LogP contribution in [0.4, 0.5) is 18.9 Å². The lowest BCUT2D eigenvalue weighted by Crippen LogP contribution is -2.39. The number of halogens is 4. The maximum atomic E-state index is 12.4. The van der Waals surface area contributed by atoms with Gasteiger partial charge in [-0.2, -0.15) is 13.2 Å². The molecule has 1 atom stereocenters. The van der Waals surface area contributed by atoms with Crippen molar-refractivity contribution in [2.75, 3.05) is 5.32 Å². The van der Waals surface area contributed by atoms with Crippen LogP contribution in [0.1, 0.15) is 12.0 Å². The summed E-state index contributed by atoms with van der Waals surface area (Å²) in [6.45, 7) is 0. The molecule has 0 saturated heterocycles. The first-order valence-corrected chi connectivity index (χ1v) is 5.22. The molecule has 0 aliphatic rings. The van der Waals surface area contributed by atoms with Gasteiger partial charge in [-0.1, -0.05) is 6.07 Å². The van der Waals surface area contributed by atoms with Gasteiger partial charge in [-0.05, 0) is 18.2 Å². The maximum Gasteiger partial charge on any atom is 0.416 e. The Morgan fingerprint density at radius 3 is 2.40 bits per heavy atom. The van der Waals surface area contributed by atoms with Gasteiger partial charge in [-0.25, -0.2) is 0 Å². The normalized spacial score (nSPS) is 12.2. The van der Waals surface area contributed by atoms with E-state index < -0.39 is 29.6 Å². The van der Waals surface area contributed by atoms with Crippen molar-refractivity contribution in [3.05, 3.63) is 29.8 Å². The first-order chi connectivity index (χ1) is 8.70. The summed E-state index contributed by atoms with van der Waals surface area (Å²) >= 11 is 0. The summed E-state index contributed by atoms with van der Waals surface area (Å²) in [6, 6.07) is 2.88. The van der Waals surface area contributed by atoms with Crippen LogP contribution in [0.15, 0.2) is 24.3 Å². The van der Waals surface area contributed by atoms with Crippen LogP contribution in [-0.4, -0.2) is 17.9 Å². The van der Waals surface area contributed by atoms with Gasteiger partial charge in [0.05, 0.1) is 18.0 Å². The molecular formula is C11H13ClF3N3O2. The van der Waals surface area contributed by atoms with E-state index in [1.807, 2.05) is 0 Å². The van der Waals surface area contributed by atoms with Gasteiger partial charge >= 0.3 is 6.18 Å². The number of rotatable bonds is 4. The topological polar surface area (TPSA) is 98.2 Å². The van der Waals surface area contributed by atoms with E-state index in [0.717, 1.165) is 18.2 Å². The van der Waals surface area contributed by atoms with Crippen LogP contribution >= 0.6 is 12.4 Å². The molecule has 0 radical (unpaired) electrons. The molecule has 0 bridgehead atoms. The fraction of sp³-hybridized carbons (Fsp3) is 0.273. The van der Waals surface area contributed by atoms with E-state index in [2.05, 4.69) is 5.32 Å². The smallest absolute Gasteiger partial charge is 0.370 e. The molecule has 0 spiro atoms. The molecule has 0 heterocycles. The lowest BCUT2D eigenvalue weighted by Gasteiger charge is -2.12. The fourth-order valence-electron chi connectivity index (χ4n) is 1.32. The summed E-state index contributed by atoms with van der Waals surface area (Å²) in [7, 11) is 0. The van der Waals surface area contributed by atoms with Crippen molar-refractivity contribution < 1.29 is 22.8 Å². The minimum absolute atomic E-state index is 0. The number of benzene rings is 1. The highest BCUT2D eigenvalue weighted by molar-refractivity contribution is 5.97. The highest BCUT2D eigenvalue weighted by Gasteiger charge is 2.30. The SMILES string of the molecule is Cl.NC(=O)CC(N)C(=O)Nc1cccc(C(F)(F)F)c1. The Labute approximate surface area is 118 Å². The van der Waals surface area contributed by atoms with Crippen molar-refractivity contribution in [3.8, 4) is 0 Å². The van der Waals surface area contributed by atoms with Gasteiger partial charge in [0.2, 0.25) is 11.8 Å². The predicted octanol–water partition coefficient (Wildman–Crippen LogP) is 1.27. The second-order valence-corrected chi connectivity index (χ2v) is 3.84. The van der Waals surface area contributed by atoms with Gasteiger partial charge < -0.3 is 16.8 Å². The molecule has 20 heavy (non-hydrogen) atoms. The molecule has 0 aliphatic carbocycles. The summed E-state index contributed by atoms with van der Waals surface area (Å²) in [6.07, 6.45) is -4.89. The van der Waals surface area contributed by atoms with E-state index in [0.29, 0.717) is 0 Å². The van der Waals surface area contributed by atoms with Crippen molar-refractivity contribution >= 4 is 29.9 Å². The second-order valence-electron chi connectivity index (χ2n) is 3.84. The third kappa shape index (κ3) is 5.45. The van der Waals surface area contributed by atoms with E-state index >= 15 is 0 Å². The Balaban J connectivity index is 0.00000361. The lowest BCUT2D eigenvalue weighted by atomic mass is 10.1. The van der Waals surface area contributed by atoms with Crippen LogP contribution in [0.5, 0.6) is 0 Å². The minimum Gasteiger partial charge on any atom is -0.370 e. The number of carbonyl (C=O) groups is 2. The van der Waals surface area contributed by atoms with Crippen LogP contribution < -0.4 is 16.8 Å². The Bertz CT molecular complexity index is 494. The van der Waals surface area contributed by atoms with Gasteiger partial charge in [-0.3, -0.25) is 9.59 Å². The molecule has 112 valence electrons. The van der Waals surface area contributed by atoms with Crippen LogP contribution in [0, 0.1) is 0 Å². The standard InChI is InChI=1S/C11H12F3N3O2.ClH/c12-11(13,14)6-2-1-3-7(4-6)17-10(19)8(15)5-9(16)18;/h1-4,8H,5,15H2,(H2,16,18)(H,17,19);1H. The molecule has 5 N–H and O–H groups in total. The summed E-state index contributed by atoms with van der Waals surface area (Å²) in [5.74, 6) is -1.55. The van der Waals surface area contributed by atoms with Crippen LogP contribution in [0.3, 0.4) is 0 Å². The number of anilines is 1. The lowest BCUT2D eigenvalue weighted by molar-refractivity contribution is -0.137. The van der Waals surface area contributed by atoms with Gasteiger partial charge in [0.15, 0.2) is 0 Å². The number of carbonyl (C=O) groups excluding carboxylic acids is 2. The quantitative estimate of drug-likeness (QED) is 0.781. The van der Waals surface area contributed by atoms with Crippen molar-refractivity contribution in [1.82, 2.24) is 0 Å². The summed E-state index contributed by atoms with van der Waals surface area (Å²) in [5, 5.41) is 2.19. The molecule has 1 rings (SSSR count). The Morgan fingerprint density at radius 1 is 1.30 bits per heavy atom. The number of alkyl halides is 3. The molecule has 1 aromatic rings. The third-order valence-corrected chi connectivity index (χ3v) is 2.22. The van der Waals surface area contributed by atoms with Crippen LogP contribution in [0.25, 0.3) is 0 Å². The molecular weight excluding hydrogens is 299 g/mol. The maximum absolute atomic E-state index is 12.4. The summed E-state index contributed by atoms with van der Waals surface area (Å²) < 4.78 is 37.3. The zero-order chi connectivity index (χ0) is 14.6.